The predicted molar refractivity (Wildman–Crippen MR) is 44.2 cm³/mol. The van der Waals surface area contributed by atoms with Gasteiger partial charge in [0.2, 0.25) is 0 Å². The summed E-state index contributed by atoms with van der Waals surface area (Å²) in [6.45, 7) is 3.00. The number of benzene rings is 1. The maximum Gasteiger partial charge on any atom is 0.0688 e. The summed E-state index contributed by atoms with van der Waals surface area (Å²) in [6.07, 6.45) is 1.88. The average molecular weight is 145 g/mol. The summed E-state index contributed by atoms with van der Waals surface area (Å²) in [5, 5.41) is 5.40. The van der Waals surface area contributed by atoms with E-state index in [1.807, 2.05) is 29.1 Å². The predicted octanol–water partition coefficient (Wildman–Crippen LogP) is 1.86. The number of nitrogens with zero attached hydrogens (tertiary/aromatic N) is 2. The highest BCUT2D eigenvalue weighted by atomic mass is 15.3. The van der Waals surface area contributed by atoms with E-state index in [0.717, 1.165) is 12.1 Å². The van der Waals surface area contributed by atoms with Crippen molar-refractivity contribution in [1.29, 1.82) is 0 Å². The summed E-state index contributed by atoms with van der Waals surface area (Å²) in [7, 11) is 0. The average Bonchev–Trinajstić information content (AvgIpc) is 2.47. The van der Waals surface area contributed by atoms with Crippen LogP contribution in [0.15, 0.2) is 24.4 Å². The van der Waals surface area contributed by atoms with E-state index in [-0.39, 0.29) is 0 Å². The van der Waals surface area contributed by atoms with Crippen molar-refractivity contribution in [1.82, 2.24) is 9.78 Å². The molecular formula is C9H9N2. The lowest BCUT2D eigenvalue weighted by Crippen LogP contribution is -1.94. The Bertz CT molecular complexity index is 362. The van der Waals surface area contributed by atoms with Gasteiger partial charge in [-0.15, -0.1) is 0 Å². The molecule has 0 unspecified atom stereocenters. The fourth-order valence-electron chi connectivity index (χ4n) is 1.21. The largest absolute Gasteiger partial charge is 0.265 e. The Kier molecular flexibility index (Phi) is 1.39. The topological polar surface area (TPSA) is 17.8 Å². The number of aryl methyl sites for hydroxylation is 1. The van der Waals surface area contributed by atoms with Crippen LogP contribution >= 0.6 is 0 Å². The van der Waals surface area contributed by atoms with E-state index in [1.165, 1.54) is 5.39 Å². The zero-order valence-corrected chi connectivity index (χ0v) is 6.41. The van der Waals surface area contributed by atoms with Crippen LogP contribution in [0.3, 0.4) is 0 Å². The summed E-state index contributed by atoms with van der Waals surface area (Å²) >= 11 is 0. The molecule has 0 atom stereocenters. The van der Waals surface area contributed by atoms with Crippen LogP contribution in [0, 0.1) is 6.07 Å². The zero-order chi connectivity index (χ0) is 7.68. The normalized spacial score (nSPS) is 10.6. The second-order valence-corrected chi connectivity index (χ2v) is 2.45. The Morgan fingerprint density at radius 2 is 2.55 bits per heavy atom. The second kappa shape index (κ2) is 2.38. The molecule has 55 valence electrons. The van der Waals surface area contributed by atoms with Gasteiger partial charge in [0.1, 0.15) is 0 Å². The van der Waals surface area contributed by atoms with Crippen molar-refractivity contribution in [3.8, 4) is 0 Å². The lowest BCUT2D eigenvalue weighted by atomic mass is 10.3. The molecule has 11 heavy (non-hydrogen) atoms. The molecule has 0 aliphatic heterocycles. The van der Waals surface area contributed by atoms with Gasteiger partial charge >= 0.3 is 0 Å². The Morgan fingerprint density at radius 1 is 1.64 bits per heavy atom. The molecule has 2 heteroatoms. The van der Waals surface area contributed by atoms with Crippen molar-refractivity contribution in [2.45, 2.75) is 13.5 Å². The molecule has 2 rings (SSSR count). The van der Waals surface area contributed by atoms with E-state index in [0.29, 0.717) is 0 Å². The molecule has 0 bridgehead atoms. The van der Waals surface area contributed by atoms with Crippen LogP contribution in [-0.2, 0) is 6.54 Å². The molecule has 1 aromatic carbocycles. The Morgan fingerprint density at radius 3 is 3.36 bits per heavy atom. The Hall–Kier alpha value is -1.31. The number of hydrogen-bond donors (Lipinski definition) is 0. The molecule has 1 radical (unpaired) electrons. The second-order valence-electron chi connectivity index (χ2n) is 2.45. The van der Waals surface area contributed by atoms with Gasteiger partial charge in [-0.25, -0.2) is 0 Å². The van der Waals surface area contributed by atoms with Crippen molar-refractivity contribution >= 4 is 10.9 Å². The van der Waals surface area contributed by atoms with Gasteiger partial charge in [-0.05, 0) is 19.1 Å². The number of fused-ring (bicyclic) bond motifs is 1. The third-order valence-corrected chi connectivity index (χ3v) is 1.79. The van der Waals surface area contributed by atoms with Crippen LogP contribution in [0.2, 0.25) is 0 Å². The van der Waals surface area contributed by atoms with E-state index < -0.39 is 0 Å². The molecule has 2 nitrogen and oxygen atoms in total. The quantitative estimate of drug-likeness (QED) is 0.598. The van der Waals surface area contributed by atoms with Crippen molar-refractivity contribution < 1.29 is 0 Å². The highest BCUT2D eigenvalue weighted by Gasteiger charge is 1.96. The highest BCUT2D eigenvalue weighted by molar-refractivity contribution is 5.78. The lowest BCUT2D eigenvalue weighted by molar-refractivity contribution is 0.684. The number of rotatable bonds is 1. The first-order valence-electron chi connectivity index (χ1n) is 3.73. The van der Waals surface area contributed by atoms with Gasteiger partial charge in [-0.2, -0.15) is 5.10 Å². The summed E-state index contributed by atoms with van der Waals surface area (Å²) < 4.78 is 1.96. The first kappa shape index (κ1) is 6.40. The van der Waals surface area contributed by atoms with Crippen LogP contribution in [0.1, 0.15) is 6.92 Å². The van der Waals surface area contributed by atoms with Crippen molar-refractivity contribution in [3.05, 3.63) is 30.5 Å². The Balaban J connectivity index is 2.76. The molecule has 0 saturated heterocycles. The van der Waals surface area contributed by atoms with Gasteiger partial charge in [0.15, 0.2) is 0 Å². The van der Waals surface area contributed by atoms with Crippen LogP contribution in [0.25, 0.3) is 10.9 Å². The van der Waals surface area contributed by atoms with Crippen LogP contribution in [0.5, 0.6) is 0 Å². The third kappa shape index (κ3) is 0.909. The summed E-state index contributed by atoms with van der Waals surface area (Å²) in [4.78, 5) is 0. The molecule has 0 aliphatic rings. The first-order valence-corrected chi connectivity index (χ1v) is 3.73. The molecular weight excluding hydrogens is 136 g/mol. The van der Waals surface area contributed by atoms with E-state index in [2.05, 4.69) is 18.1 Å². The molecule has 0 spiro atoms. The minimum atomic E-state index is 0.918. The molecule has 0 amide bonds. The van der Waals surface area contributed by atoms with E-state index in [9.17, 15) is 0 Å². The van der Waals surface area contributed by atoms with Crippen LogP contribution in [0.4, 0.5) is 0 Å². The summed E-state index contributed by atoms with van der Waals surface area (Å²) in [6, 6.07) is 8.93. The minimum absolute atomic E-state index is 0.918. The number of aromatic nitrogens is 2. The van der Waals surface area contributed by atoms with Gasteiger partial charge < -0.3 is 0 Å². The van der Waals surface area contributed by atoms with Gasteiger partial charge in [-0.3, -0.25) is 4.68 Å². The summed E-state index contributed by atoms with van der Waals surface area (Å²) in [5.74, 6) is 0. The minimum Gasteiger partial charge on any atom is -0.265 e. The standard InChI is InChI=1S/C9H9N2/c1-2-11-9-6-4-3-5-8(9)7-10-11/h3,5-7H,2H2,1H3. The van der Waals surface area contributed by atoms with Crippen molar-refractivity contribution in [2.75, 3.05) is 0 Å². The molecule has 0 aliphatic carbocycles. The zero-order valence-electron chi connectivity index (χ0n) is 6.41. The van der Waals surface area contributed by atoms with Gasteiger partial charge in [-0.1, -0.05) is 12.1 Å². The van der Waals surface area contributed by atoms with E-state index >= 15 is 0 Å². The highest BCUT2D eigenvalue weighted by Crippen LogP contribution is 2.11. The number of hydrogen-bond acceptors (Lipinski definition) is 1. The fourth-order valence-corrected chi connectivity index (χ4v) is 1.21. The van der Waals surface area contributed by atoms with Gasteiger partial charge in [0.05, 0.1) is 11.7 Å². The smallest absolute Gasteiger partial charge is 0.0688 e. The third-order valence-electron chi connectivity index (χ3n) is 1.79. The van der Waals surface area contributed by atoms with Gasteiger partial charge in [0, 0.05) is 11.9 Å². The SMILES string of the molecule is CCn1ncc2cc[c]cc21. The molecule has 0 saturated carbocycles. The van der Waals surface area contributed by atoms with E-state index in [4.69, 9.17) is 0 Å². The van der Waals surface area contributed by atoms with E-state index in [1.54, 1.807) is 0 Å². The molecule has 1 aromatic heterocycles. The van der Waals surface area contributed by atoms with Crippen molar-refractivity contribution in [3.63, 3.8) is 0 Å². The Labute approximate surface area is 65.5 Å². The van der Waals surface area contributed by atoms with Gasteiger partial charge in [0.25, 0.3) is 0 Å². The molecule has 1 heterocycles. The molecule has 2 aromatic rings. The molecule has 0 fully saturated rings. The maximum absolute atomic E-state index is 4.21. The molecule has 0 N–H and O–H groups in total. The van der Waals surface area contributed by atoms with Crippen LogP contribution < -0.4 is 0 Å². The lowest BCUT2D eigenvalue weighted by Gasteiger charge is -1.95. The first-order chi connectivity index (χ1) is 5.42. The van der Waals surface area contributed by atoms with Crippen molar-refractivity contribution in [2.24, 2.45) is 0 Å². The fraction of sp³-hybridized carbons (Fsp3) is 0.222. The summed E-state index contributed by atoms with van der Waals surface area (Å²) in [5.41, 5.74) is 1.16. The maximum atomic E-state index is 4.21. The van der Waals surface area contributed by atoms with Crippen LogP contribution in [-0.4, -0.2) is 9.78 Å². The monoisotopic (exact) mass is 145 g/mol.